The van der Waals surface area contributed by atoms with E-state index in [4.69, 9.17) is 29.3 Å². The van der Waals surface area contributed by atoms with E-state index in [9.17, 15) is 0 Å². The molecular formula is C32H39N3O6. The summed E-state index contributed by atoms with van der Waals surface area (Å²) in [6.07, 6.45) is 2.50. The minimum atomic E-state index is -1.82. The van der Waals surface area contributed by atoms with Crippen molar-refractivity contribution in [2.24, 2.45) is 0 Å². The van der Waals surface area contributed by atoms with Crippen molar-refractivity contribution in [1.82, 2.24) is 9.80 Å². The van der Waals surface area contributed by atoms with Crippen molar-refractivity contribution < 1.29 is 29.3 Å². The van der Waals surface area contributed by atoms with E-state index < -0.39 is 11.9 Å². The number of likely N-dealkylation sites (tertiary alicyclic amines) is 1. The second-order valence-electron chi connectivity index (χ2n) is 10.2. The Kier molecular flexibility index (Phi) is 11.0. The first-order valence-electron chi connectivity index (χ1n) is 14.0. The molecule has 5 rings (SSSR count). The minimum Gasteiger partial charge on any atom is -0.493 e. The highest BCUT2D eigenvalue weighted by molar-refractivity contribution is 6.27. The van der Waals surface area contributed by atoms with Gasteiger partial charge < -0.3 is 24.6 Å². The van der Waals surface area contributed by atoms with Crippen molar-refractivity contribution >= 4 is 17.6 Å². The second-order valence-corrected chi connectivity index (χ2v) is 10.2. The number of carboxylic acid groups (broad SMARTS) is 2. The Bertz CT molecular complexity index is 1230. The van der Waals surface area contributed by atoms with Gasteiger partial charge in [0.15, 0.2) is 11.5 Å². The fraction of sp³-hybridized carbons (Fsp3) is 0.375. The topological polar surface area (TPSA) is 103 Å². The standard InChI is InChI=1S/C30H37N3O2.C2H2O4/c1-34-30-22-26(12-13-29(30)35-24-25-8-4-2-5-9-25)23-31-16-14-28(15-17-31)33-20-18-32(19-21-33)27-10-6-3-7-11-27;3-1(4)2(5)6/h2-13,22,28H,14-21,23-24H2,1H3;(H,3,4)(H,5,6). The molecular weight excluding hydrogens is 522 g/mol. The molecule has 0 spiro atoms. The van der Waals surface area contributed by atoms with E-state index in [1.165, 1.54) is 37.2 Å². The quantitative estimate of drug-likeness (QED) is 0.392. The number of piperidine rings is 1. The van der Waals surface area contributed by atoms with Gasteiger partial charge in [-0.25, -0.2) is 9.59 Å². The highest BCUT2D eigenvalue weighted by Gasteiger charge is 2.27. The van der Waals surface area contributed by atoms with Crippen LogP contribution in [0.2, 0.25) is 0 Å². The zero-order chi connectivity index (χ0) is 29.0. The highest BCUT2D eigenvalue weighted by Crippen LogP contribution is 2.30. The maximum Gasteiger partial charge on any atom is 0.414 e. The molecule has 0 aliphatic carbocycles. The summed E-state index contributed by atoms with van der Waals surface area (Å²) < 4.78 is 11.7. The van der Waals surface area contributed by atoms with Gasteiger partial charge in [-0.2, -0.15) is 0 Å². The van der Waals surface area contributed by atoms with Crippen LogP contribution in [0.25, 0.3) is 0 Å². The van der Waals surface area contributed by atoms with E-state index in [-0.39, 0.29) is 0 Å². The molecule has 2 heterocycles. The molecule has 3 aromatic carbocycles. The number of hydrogen-bond acceptors (Lipinski definition) is 7. The third-order valence-corrected chi connectivity index (χ3v) is 7.56. The largest absolute Gasteiger partial charge is 0.493 e. The van der Waals surface area contributed by atoms with Crippen LogP contribution in [-0.4, -0.2) is 84.4 Å². The Labute approximate surface area is 241 Å². The lowest BCUT2D eigenvalue weighted by atomic mass is 10.0. The number of benzene rings is 3. The van der Waals surface area contributed by atoms with Gasteiger partial charge in [-0.3, -0.25) is 9.80 Å². The monoisotopic (exact) mass is 561 g/mol. The molecule has 2 aliphatic rings. The summed E-state index contributed by atoms with van der Waals surface area (Å²) in [6.45, 7) is 8.40. The summed E-state index contributed by atoms with van der Waals surface area (Å²) in [4.78, 5) is 26.0. The Morgan fingerprint density at radius 1 is 0.756 bits per heavy atom. The summed E-state index contributed by atoms with van der Waals surface area (Å²) in [6, 6.07) is 28.1. The van der Waals surface area contributed by atoms with Crippen LogP contribution < -0.4 is 14.4 Å². The van der Waals surface area contributed by atoms with Gasteiger partial charge in [-0.15, -0.1) is 0 Å². The summed E-state index contributed by atoms with van der Waals surface area (Å²) >= 11 is 0. The Morgan fingerprint density at radius 3 is 1.95 bits per heavy atom. The molecule has 9 heteroatoms. The summed E-state index contributed by atoms with van der Waals surface area (Å²) in [7, 11) is 1.72. The molecule has 2 N–H and O–H groups in total. The van der Waals surface area contributed by atoms with Crippen LogP contribution in [0.1, 0.15) is 24.0 Å². The Morgan fingerprint density at radius 2 is 1.37 bits per heavy atom. The van der Waals surface area contributed by atoms with Crippen molar-refractivity contribution in [3.63, 3.8) is 0 Å². The summed E-state index contributed by atoms with van der Waals surface area (Å²) in [5.41, 5.74) is 3.79. The molecule has 9 nitrogen and oxygen atoms in total. The third kappa shape index (κ3) is 8.96. The number of rotatable bonds is 8. The van der Waals surface area contributed by atoms with E-state index in [2.05, 4.69) is 75.4 Å². The molecule has 0 radical (unpaired) electrons. The normalized spacial score (nSPS) is 16.4. The van der Waals surface area contributed by atoms with Crippen LogP contribution in [0.4, 0.5) is 5.69 Å². The van der Waals surface area contributed by atoms with Crippen LogP contribution in [0.5, 0.6) is 11.5 Å². The van der Waals surface area contributed by atoms with Gasteiger partial charge in [0.25, 0.3) is 0 Å². The minimum absolute atomic E-state index is 0.545. The SMILES string of the molecule is COc1cc(CN2CCC(N3CCN(c4ccccc4)CC3)CC2)ccc1OCc1ccccc1.O=C(O)C(=O)O. The molecule has 3 aromatic rings. The summed E-state index contributed by atoms with van der Waals surface area (Å²) in [5.74, 6) is -2.04. The number of nitrogens with zero attached hydrogens (tertiary/aromatic N) is 3. The van der Waals surface area contributed by atoms with Gasteiger partial charge in [0.2, 0.25) is 0 Å². The Hall–Kier alpha value is -4.08. The van der Waals surface area contributed by atoms with Gasteiger partial charge >= 0.3 is 11.9 Å². The van der Waals surface area contributed by atoms with Crippen molar-refractivity contribution in [2.45, 2.75) is 32.0 Å². The average Bonchev–Trinajstić information content (AvgIpc) is 3.02. The molecule has 0 saturated carbocycles. The lowest BCUT2D eigenvalue weighted by Gasteiger charge is -2.43. The Balaban J connectivity index is 0.000000585. The smallest absolute Gasteiger partial charge is 0.414 e. The van der Waals surface area contributed by atoms with Gasteiger partial charge in [0.05, 0.1) is 7.11 Å². The first kappa shape index (κ1) is 29.9. The number of hydrogen-bond donors (Lipinski definition) is 2. The van der Waals surface area contributed by atoms with Crippen LogP contribution in [0, 0.1) is 0 Å². The summed E-state index contributed by atoms with van der Waals surface area (Å²) in [5, 5.41) is 14.8. The number of piperazine rings is 1. The van der Waals surface area contributed by atoms with Crippen LogP contribution >= 0.6 is 0 Å². The molecule has 2 aliphatic heterocycles. The average molecular weight is 562 g/mol. The maximum absolute atomic E-state index is 9.10. The fourth-order valence-corrected chi connectivity index (χ4v) is 5.35. The maximum atomic E-state index is 9.10. The molecule has 2 fully saturated rings. The third-order valence-electron chi connectivity index (χ3n) is 7.56. The molecule has 0 bridgehead atoms. The molecule has 41 heavy (non-hydrogen) atoms. The lowest BCUT2D eigenvalue weighted by molar-refractivity contribution is -0.159. The fourth-order valence-electron chi connectivity index (χ4n) is 5.35. The zero-order valence-electron chi connectivity index (χ0n) is 23.5. The van der Waals surface area contributed by atoms with E-state index in [1.807, 2.05) is 18.2 Å². The molecule has 0 atom stereocenters. The van der Waals surface area contributed by atoms with E-state index in [0.29, 0.717) is 12.6 Å². The lowest BCUT2D eigenvalue weighted by Crippen LogP contribution is -2.53. The number of anilines is 1. The number of aliphatic carboxylic acids is 2. The first-order valence-corrected chi connectivity index (χ1v) is 14.0. The predicted octanol–water partition coefficient (Wildman–Crippen LogP) is 4.22. The highest BCUT2D eigenvalue weighted by atomic mass is 16.5. The van der Waals surface area contributed by atoms with Gasteiger partial charge in [0, 0.05) is 44.5 Å². The molecule has 0 unspecified atom stereocenters. The van der Waals surface area contributed by atoms with Crippen LogP contribution in [0.15, 0.2) is 78.9 Å². The molecule has 0 aromatic heterocycles. The predicted molar refractivity (Wildman–Crippen MR) is 158 cm³/mol. The van der Waals surface area contributed by atoms with Crippen LogP contribution in [-0.2, 0) is 22.7 Å². The van der Waals surface area contributed by atoms with Gasteiger partial charge in [-0.05, 0) is 61.3 Å². The number of carboxylic acids is 2. The van der Waals surface area contributed by atoms with E-state index >= 15 is 0 Å². The van der Waals surface area contributed by atoms with Crippen molar-refractivity contribution in [1.29, 1.82) is 0 Å². The van der Waals surface area contributed by atoms with Crippen molar-refractivity contribution in [3.05, 3.63) is 90.0 Å². The number of methoxy groups -OCH3 is 1. The molecule has 218 valence electrons. The van der Waals surface area contributed by atoms with Crippen molar-refractivity contribution in [3.8, 4) is 11.5 Å². The molecule has 2 saturated heterocycles. The van der Waals surface area contributed by atoms with Crippen LogP contribution in [0.3, 0.4) is 0 Å². The number of carbonyl (C=O) groups is 2. The van der Waals surface area contributed by atoms with Crippen molar-refractivity contribution in [2.75, 3.05) is 51.3 Å². The van der Waals surface area contributed by atoms with E-state index in [0.717, 1.165) is 49.8 Å². The second kappa shape index (κ2) is 15.1. The van der Waals surface area contributed by atoms with E-state index in [1.54, 1.807) is 7.11 Å². The first-order chi connectivity index (χ1) is 19.9. The number of para-hydroxylation sites is 1. The number of ether oxygens (including phenoxy) is 2. The van der Waals surface area contributed by atoms with Gasteiger partial charge in [0.1, 0.15) is 6.61 Å². The van der Waals surface area contributed by atoms with Gasteiger partial charge in [-0.1, -0.05) is 54.6 Å². The molecule has 0 amide bonds. The zero-order valence-corrected chi connectivity index (χ0v) is 23.5.